The summed E-state index contributed by atoms with van der Waals surface area (Å²) < 4.78 is 0.735. The van der Waals surface area contributed by atoms with Gasteiger partial charge in [0.05, 0.1) is 16.7 Å². The maximum Gasteiger partial charge on any atom is 0.265 e. The van der Waals surface area contributed by atoms with Crippen molar-refractivity contribution in [1.82, 2.24) is 15.0 Å². The molecule has 0 radical (unpaired) electrons. The van der Waals surface area contributed by atoms with E-state index in [4.69, 9.17) is 9.97 Å². The number of aryl methyl sites for hydroxylation is 1. The highest BCUT2D eigenvalue weighted by Crippen LogP contribution is 2.37. The van der Waals surface area contributed by atoms with Crippen LogP contribution in [-0.2, 0) is 12.8 Å². The van der Waals surface area contributed by atoms with Gasteiger partial charge in [0.1, 0.15) is 4.70 Å². The molecule has 0 atom stereocenters. The zero-order chi connectivity index (χ0) is 16.3. The smallest absolute Gasteiger partial charge is 0.265 e. The van der Waals surface area contributed by atoms with E-state index in [0.29, 0.717) is 19.0 Å². The Kier molecular flexibility index (Phi) is 3.01. The lowest BCUT2D eigenvalue weighted by molar-refractivity contribution is 0.140. The van der Waals surface area contributed by atoms with E-state index < -0.39 is 0 Å². The van der Waals surface area contributed by atoms with Crippen LogP contribution in [-0.4, -0.2) is 39.3 Å². The summed E-state index contributed by atoms with van der Waals surface area (Å²) in [5.74, 6) is 0.697. The lowest BCUT2D eigenvalue weighted by Gasteiger charge is -2.36. The van der Waals surface area contributed by atoms with Crippen LogP contribution in [0.3, 0.4) is 0 Å². The van der Waals surface area contributed by atoms with Crippen LogP contribution in [0.2, 0.25) is 0 Å². The lowest BCUT2D eigenvalue weighted by Crippen LogP contribution is -2.51. The predicted molar refractivity (Wildman–Crippen MR) is 93.7 cm³/mol. The molecule has 3 aromatic rings. The largest absolute Gasteiger partial charge is 0.389 e. The first kappa shape index (κ1) is 14.1. The number of rotatable bonds is 2. The van der Waals surface area contributed by atoms with Crippen molar-refractivity contribution in [3.63, 3.8) is 0 Å². The van der Waals surface area contributed by atoms with Crippen molar-refractivity contribution < 1.29 is 5.11 Å². The average molecular weight is 340 g/mol. The molecule has 1 aliphatic heterocycles. The minimum Gasteiger partial charge on any atom is -0.389 e. The Morgan fingerprint density at radius 3 is 2.96 bits per heavy atom. The number of thiophene rings is 1. The quantitative estimate of drug-likeness (QED) is 0.742. The summed E-state index contributed by atoms with van der Waals surface area (Å²) in [6.07, 6.45) is 4.44. The van der Waals surface area contributed by atoms with Gasteiger partial charge in [0, 0.05) is 35.9 Å². The number of nitrogens with one attached hydrogen (secondary N) is 1. The summed E-state index contributed by atoms with van der Waals surface area (Å²) in [7, 11) is 0. The number of nitrogens with zero attached hydrogens (tertiary/aromatic N) is 3. The van der Waals surface area contributed by atoms with Crippen molar-refractivity contribution in [2.24, 2.45) is 0 Å². The highest BCUT2D eigenvalue weighted by atomic mass is 32.1. The zero-order valence-electron chi connectivity index (χ0n) is 13.0. The highest BCUT2D eigenvalue weighted by Gasteiger charge is 2.29. The molecule has 1 aliphatic carbocycles. The molecule has 1 saturated heterocycles. The van der Waals surface area contributed by atoms with E-state index in [2.05, 4.69) is 4.98 Å². The molecule has 0 aromatic carbocycles. The van der Waals surface area contributed by atoms with E-state index in [1.165, 1.54) is 16.9 Å². The third-order valence-electron chi connectivity index (χ3n) is 4.74. The fourth-order valence-corrected chi connectivity index (χ4v) is 4.55. The topological polar surface area (TPSA) is 82.1 Å². The predicted octanol–water partition coefficient (Wildman–Crippen LogP) is 1.72. The number of H-pyrrole nitrogens is 1. The van der Waals surface area contributed by atoms with Gasteiger partial charge in [-0.1, -0.05) is 0 Å². The Hall–Kier alpha value is -2.25. The van der Waals surface area contributed by atoms with Crippen molar-refractivity contribution in [1.29, 1.82) is 0 Å². The number of aromatic nitrogens is 3. The molecule has 1 fully saturated rings. The fourth-order valence-electron chi connectivity index (χ4n) is 3.48. The maximum atomic E-state index is 12.0. The normalized spacial score (nSPS) is 17.3. The van der Waals surface area contributed by atoms with Crippen molar-refractivity contribution in [3.05, 3.63) is 39.9 Å². The van der Waals surface area contributed by atoms with Crippen LogP contribution in [0.25, 0.3) is 20.7 Å². The Bertz CT molecular complexity index is 1000. The van der Waals surface area contributed by atoms with Crippen LogP contribution in [0.4, 0.5) is 5.95 Å². The van der Waals surface area contributed by atoms with E-state index in [1.54, 1.807) is 6.20 Å². The SMILES string of the molecule is O=c1[nH]ccc2cc(-c3nc(N4CC(O)C4)nc4c3CCC4)sc12. The second-order valence-electron chi connectivity index (χ2n) is 6.41. The van der Waals surface area contributed by atoms with E-state index in [1.807, 2.05) is 17.0 Å². The molecule has 5 rings (SSSR count). The van der Waals surface area contributed by atoms with Crippen LogP contribution in [0.5, 0.6) is 0 Å². The number of β-amino-alcohol motifs (C(OH)–C–C–N with tert-alkyl or cyclic N) is 1. The Morgan fingerprint density at radius 1 is 1.29 bits per heavy atom. The first-order chi connectivity index (χ1) is 11.7. The fraction of sp³-hybridized carbons (Fsp3) is 0.353. The van der Waals surface area contributed by atoms with E-state index in [9.17, 15) is 9.90 Å². The van der Waals surface area contributed by atoms with E-state index >= 15 is 0 Å². The number of pyridine rings is 1. The minimum atomic E-state index is -0.284. The number of anilines is 1. The average Bonchev–Trinajstić information content (AvgIpc) is 3.18. The van der Waals surface area contributed by atoms with Crippen molar-refractivity contribution in [2.45, 2.75) is 25.4 Å². The molecule has 0 amide bonds. The van der Waals surface area contributed by atoms with Gasteiger partial charge in [0.25, 0.3) is 5.56 Å². The second-order valence-corrected chi connectivity index (χ2v) is 7.46. The lowest BCUT2D eigenvalue weighted by atomic mass is 10.1. The molecule has 24 heavy (non-hydrogen) atoms. The Morgan fingerprint density at radius 2 is 2.17 bits per heavy atom. The van der Waals surface area contributed by atoms with Gasteiger partial charge in [-0.25, -0.2) is 9.97 Å². The van der Waals surface area contributed by atoms with Crippen molar-refractivity contribution in [3.8, 4) is 10.6 Å². The van der Waals surface area contributed by atoms with Crippen molar-refractivity contribution in [2.75, 3.05) is 18.0 Å². The summed E-state index contributed by atoms with van der Waals surface area (Å²) in [6.45, 7) is 1.18. The molecule has 122 valence electrons. The summed E-state index contributed by atoms with van der Waals surface area (Å²) in [6, 6.07) is 3.97. The van der Waals surface area contributed by atoms with Gasteiger partial charge < -0.3 is 15.0 Å². The molecule has 0 unspecified atom stereocenters. The number of fused-ring (bicyclic) bond motifs is 2. The Labute approximate surface area is 141 Å². The number of hydrogen-bond acceptors (Lipinski definition) is 6. The molecular formula is C17H16N4O2S. The van der Waals surface area contributed by atoms with E-state index in [-0.39, 0.29) is 11.7 Å². The van der Waals surface area contributed by atoms with Crippen molar-refractivity contribution >= 4 is 27.4 Å². The molecule has 0 bridgehead atoms. The number of aliphatic hydroxyl groups excluding tert-OH is 1. The minimum absolute atomic E-state index is 0.0551. The number of hydrogen-bond donors (Lipinski definition) is 2. The van der Waals surface area contributed by atoms with Crippen LogP contribution in [0.15, 0.2) is 23.1 Å². The molecule has 4 heterocycles. The molecule has 6 nitrogen and oxygen atoms in total. The highest BCUT2D eigenvalue weighted by molar-refractivity contribution is 7.22. The molecule has 2 N–H and O–H groups in total. The maximum absolute atomic E-state index is 12.0. The monoisotopic (exact) mass is 340 g/mol. The van der Waals surface area contributed by atoms with Crippen LogP contribution >= 0.6 is 11.3 Å². The van der Waals surface area contributed by atoms with Crippen LogP contribution < -0.4 is 10.5 Å². The van der Waals surface area contributed by atoms with Gasteiger partial charge in [-0.2, -0.15) is 0 Å². The molecule has 7 heteroatoms. The van der Waals surface area contributed by atoms with Crippen LogP contribution in [0.1, 0.15) is 17.7 Å². The van der Waals surface area contributed by atoms with Gasteiger partial charge in [-0.3, -0.25) is 4.79 Å². The van der Waals surface area contributed by atoms with Gasteiger partial charge in [0.2, 0.25) is 5.95 Å². The summed E-state index contributed by atoms with van der Waals surface area (Å²) in [4.78, 5) is 27.3. The molecule has 0 spiro atoms. The van der Waals surface area contributed by atoms with Gasteiger partial charge >= 0.3 is 0 Å². The zero-order valence-corrected chi connectivity index (χ0v) is 13.8. The van der Waals surface area contributed by atoms with Gasteiger partial charge in [-0.05, 0) is 31.4 Å². The Balaban J connectivity index is 1.68. The first-order valence-corrected chi connectivity index (χ1v) is 8.95. The molecule has 0 saturated carbocycles. The molecular weight excluding hydrogens is 324 g/mol. The third-order valence-corrected chi connectivity index (χ3v) is 5.90. The summed E-state index contributed by atoms with van der Waals surface area (Å²) in [5.41, 5.74) is 3.22. The van der Waals surface area contributed by atoms with E-state index in [0.717, 1.165) is 45.6 Å². The number of aliphatic hydroxyl groups is 1. The number of aromatic amines is 1. The van der Waals surface area contributed by atoms with Gasteiger partial charge in [-0.15, -0.1) is 11.3 Å². The first-order valence-electron chi connectivity index (χ1n) is 8.13. The molecule has 3 aromatic heterocycles. The third kappa shape index (κ3) is 2.08. The summed E-state index contributed by atoms with van der Waals surface area (Å²) in [5, 5.41) is 10.5. The second kappa shape index (κ2) is 5.12. The standard InChI is InChI=1S/C17H16N4O2S/c22-10-7-21(8-10)17-19-12-3-1-2-11(12)14(20-17)13-6-9-4-5-18-16(23)15(9)24-13/h4-6,10,22H,1-3,7-8H2,(H,18,23). The molecule has 2 aliphatic rings. The van der Waals surface area contributed by atoms with Gasteiger partial charge in [0.15, 0.2) is 0 Å². The van der Waals surface area contributed by atoms with Crippen LogP contribution in [0, 0.1) is 0 Å². The summed E-state index contributed by atoms with van der Waals surface area (Å²) >= 11 is 1.49.